The van der Waals surface area contributed by atoms with Crippen molar-refractivity contribution in [1.29, 1.82) is 0 Å². The number of halogens is 2. The van der Waals surface area contributed by atoms with E-state index in [4.69, 9.17) is 0 Å². The number of amides is 1. The molecule has 2 rings (SSSR count). The molecule has 6 heteroatoms. The van der Waals surface area contributed by atoms with Crippen LogP contribution in [0.1, 0.15) is 10.8 Å². The van der Waals surface area contributed by atoms with Crippen molar-refractivity contribution in [2.45, 2.75) is 10.1 Å². The van der Waals surface area contributed by atoms with E-state index < -0.39 is 5.25 Å². The molecule has 2 aromatic carbocycles. The van der Waals surface area contributed by atoms with Crippen molar-refractivity contribution in [1.82, 2.24) is 10.2 Å². The number of nitrogens with zero attached hydrogens (tertiary/aromatic N) is 1. The second kappa shape index (κ2) is 10.3. The van der Waals surface area contributed by atoms with E-state index in [-0.39, 0.29) is 24.1 Å². The molecule has 0 heterocycles. The van der Waals surface area contributed by atoms with Crippen molar-refractivity contribution in [3.63, 3.8) is 0 Å². The lowest BCUT2D eigenvalue weighted by atomic mass is 10.1. The molecule has 1 N–H and O–H groups in total. The molecule has 0 bridgehead atoms. The summed E-state index contributed by atoms with van der Waals surface area (Å²) in [5.74, 6) is -0.330. The predicted molar refractivity (Wildman–Crippen MR) is 100 cm³/mol. The van der Waals surface area contributed by atoms with E-state index in [2.05, 4.69) is 5.32 Å². The van der Waals surface area contributed by atoms with E-state index in [0.717, 1.165) is 5.56 Å². The molecular weight excluding hydrogens is 347 g/mol. The van der Waals surface area contributed by atoms with Crippen molar-refractivity contribution in [2.24, 2.45) is 0 Å². The van der Waals surface area contributed by atoms with E-state index in [0.29, 0.717) is 18.0 Å². The number of hydrogen-bond acceptors (Lipinski definition) is 3. The van der Waals surface area contributed by atoms with Gasteiger partial charge in [-0.1, -0.05) is 42.5 Å². The fourth-order valence-corrected chi connectivity index (χ4v) is 3.31. The van der Waals surface area contributed by atoms with Crippen LogP contribution in [0.25, 0.3) is 0 Å². The van der Waals surface area contributed by atoms with Gasteiger partial charge in [0.25, 0.3) is 0 Å². The average Bonchev–Trinajstić information content (AvgIpc) is 2.59. The maximum absolute atomic E-state index is 14.0. The highest BCUT2D eigenvalue weighted by Gasteiger charge is 2.25. The third-order valence-electron chi connectivity index (χ3n) is 3.48. The number of rotatable bonds is 7. The normalized spacial score (nSPS) is 11.5. The van der Waals surface area contributed by atoms with Crippen LogP contribution >= 0.6 is 24.2 Å². The SMILES string of the molecule is CNCCN(C)C(=O)C(Sc1ccccc1F)c1ccccc1.Cl. The minimum absolute atomic E-state index is 0. The largest absolute Gasteiger partial charge is 0.343 e. The number of likely N-dealkylation sites (N-methyl/N-ethyl adjacent to an activating group) is 2. The van der Waals surface area contributed by atoms with Crippen LogP contribution < -0.4 is 5.32 Å². The number of nitrogens with one attached hydrogen (secondary N) is 1. The van der Waals surface area contributed by atoms with Gasteiger partial charge in [-0.25, -0.2) is 4.39 Å². The van der Waals surface area contributed by atoms with E-state index in [9.17, 15) is 9.18 Å². The Labute approximate surface area is 153 Å². The van der Waals surface area contributed by atoms with E-state index in [1.54, 1.807) is 30.1 Å². The summed E-state index contributed by atoms with van der Waals surface area (Å²) in [6.45, 7) is 1.32. The Balaban J connectivity index is 0.00000288. The molecule has 1 amide bonds. The number of benzene rings is 2. The van der Waals surface area contributed by atoms with Crippen LogP contribution in [-0.2, 0) is 4.79 Å². The molecule has 0 aliphatic rings. The maximum atomic E-state index is 14.0. The summed E-state index contributed by atoms with van der Waals surface area (Å²) >= 11 is 1.25. The Bertz CT molecular complexity index is 642. The maximum Gasteiger partial charge on any atom is 0.240 e. The van der Waals surface area contributed by atoms with Gasteiger partial charge in [-0.05, 0) is 24.7 Å². The third-order valence-corrected chi connectivity index (χ3v) is 4.78. The zero-order chi connectivity index (χ0) is 16.7. The number of carbonyl (C=O) groups is 1. The number of thioether (sulfide) groups is 1. The Kier molecular flexibility index (Phi) is 8.82. The van der Waals surface area contributed by atoms with Crippen molar-refractivity contribution in [3.05, 3.63) is 66.0 Å². The lowest BCUT2D eigenvalue weighted by molar-refractivity contribution is -0.129. The molecule has 0 aromatic heterocycles. The summed E-state index contributed by atoms with van der Waals surface area (Å²) in [5.41, 5.74) is 0.877. The quantitative estimate of drug-likeness (QED) is 0.755. The second-order valence-corrected chi connectivity index (χ2v) is 6.35. The topological polar surface area (TPSA) is 32.3 Å². The van der Waals surface area contributed by atoms with Gasteiger partial charge in [0.2, 0.25) is 5.91 Å². The van der Waals surface area contributed by atoms with Crippen LogP contribution in [0.15, 0.2) is 59.5 Å². The Morgan fingerprint density at radius 2 is 1.79 bits per heavy atom. The Hall–Kier alpha value is -1.56. The van der Waals surface area contributed by atoms with E-state index in [1.807, 2.05) is 37.4 Å². The van der Waals surface area contributed by atoms with Crippen molar-refractivity contribution >= 4 is 30.1 Å². The van der Waals surface area contributed by atoms with Gasteiger partial charge in [-0.3, -0.25) is 4.79 Å². The highest BCUT2D eigenvalue weighted by molar-refractivity contribution is 8.00. The molecule has 0 spiro atoms. The lowest BCUT2D eigenvalue weighted by Gasteiger charge is -2.24. The minimum Gasteiger partial charge on any atom is -0.343 e. The average molecular weight is 369 g/mol. The molecule has 0 radical (unpaired) electrons. The van der Waals surface area contributed by atoms with Crippen molar-refractivity contribution in [2.75, 3.05) is 27.2 Å². The monoisotopic (exact) mass is 368 g/mol. The standard InChI is InChI=1S/C18H21FN2OS.ClH/c1-20-12-13-21(2)18(22)17(14-8-4-3-5-9-14)23-16-11-7-6-10-15(16)19;/h3-11,17,20H,12-13H2,1-2H3;1H. The fraction of sp³-hybridized carbons (Fsp3) is 0.278. The van der Waals surface area contributed by atoms with Crippen LogP contribution in [-0.4, -0.2) is 38.0 Å². The summed E-state index contributed by atoms with van der Waals surface area (Å²) in [6, 6.07) is 16.1. The molecule has 0 saturated heterocycles. The molecule has 3 nitrogen and oxygen atoms in total. The summed E-state index contributed by atoms with van der Waals surface area (Å²) < 4.78 is 14.0. The molecule has 1 atom stereocenters. The summed E-state index contributed by atoms with van der Waals surface area (Å²) in [5, 5.41) is 2.57. The van der Waals surface area contributed by atoms with Gasteiger partial charge in [0.15, 0.2) is 0 Å². The van der Waals surface area contributed by atoms with Crippen LogP contribution in [0.4, 0.5) is 4.39 Å². The molecule has 0 aliphatic heterocycles. The molecule has 130 valence electrons. The summed E-state index contributed by atoms with van der Waals surface area (Å²) in [4.78, 5) is 15.0. The van der Waals surface area contributed by atoms with Gasteiger partial charge >= 0.3 is 0 Å². The molecular formula is C18H22ClFN2OS. The second-order valence-electron chi connectivity index (χ2n) is 5.20. The van der Waals surface area contributed by atoms with Crippen molar-refractivity contribution in [3.8, 4) is 0 Å². The number of hydrogen-bond donors (Lipinski definition) is 1. The minimum atomic E-state index is -0.463. The lowest BCUT2D eigenvalue weighted by Crippen LogP contribution is -2.35. The molecule has 0 aliphatic carbocycles. The van der Waals surface area contributed by atoms with Crippen molar-refractivity contribution < 1.29 is 9.18 Å². The first-order valence-corrected chi connectivity index (χ1v) is 8.37. The van der Waals surface area contributed by atoms with Crippen LogP contribution in [0.2, 0.25) is 0 Å². The summed E-state index contributed by atoms with van der Waals surface area (Å²) in [6.07, 6.45) is 0. The van der Waals surface area contributed by atoms with Gasteiger partial charge in [0.1, 0.15) is 11.1 Å². The Morgan fingerprint density at radius 3 is 2.42 bits per heavy atom. The molecule has 24 heavy (non-hydrogen) atoms. The van der Waals surface area contributed by atoms with E-state index >= 15 is 0 Å². The van der Waals surface area contributed by atoms with Gasteiger partial charge in [0, 0.05) is 25.0 Å². The Morgan fingerprint density at radius 1 is 1.17 bits per heavy atom. The van der Waals surface area contributed by atoms with Gasteiger partial charge < -0.3 is 10.2 Å². The predicted octanol–water partition coefficient (Wildman–Crippen LogP) is 3.76. The first kappa shape index (κ1) is 20.5. The number of carbonyl (C=O) groups excluding carboxylic acids is 1. The zero-order valence-electron chi connectivity index (χ0n) is 13.7. The van der Waals surface area contributed by atoms with Gasteiger partial charge in [-0.15, -0.1) is 24.2 Å². The zero-order valence-corrected chi connectivity index (χ0v) is 15.4. The smallest absolute Gasteiger partial charge is 0.240 e. The van der Waals surface area contributed by atoms with Crippen LogP contribution in [0.3, 0.4) is 0 Å². The summed E-state index contributed by atoms with van der Waals surface area (Å²) in [7, 11) is 3.62. The molecule has 0 saturated carbocycles. The molecule has 2 aromatic rings. The highest BCUT2D eigenvalue weighted by Crippen LogP contribution is 2.37. The van der Waals surface area contributed by atoms with Crippen LogP contribution in [0.5, 0.6) is 0 Å². The molecule has 0 fully saturated rings. The van der Waals surface area contributed by atoms with Gasteiger partial charge in [0.05, 0.1) is 0 Å². The fourth-order valence-electron chi connectivity index (χ4n) is 2.15. The highest BCUT2D eigenvalue weighted by atomic mass is 35.5. The molecule has 1 unspecified atom stereocenters. The first-order valence-electron chi connectivity index (χ1n) is 7.49. The van der Waals surface area contributed by atoms with Crippen LogP contribution in [0, 0.1) is 5.82 Å². The third kappa shape index (κ3) is 5.51. The van der Waals surface area contributed by atoms with Gasteiger partial charge in [-0.2, -0.15) is 0 Å². The van der Waals surface area contributed by atoms with E-state index in [1.165, 1.54) is 17.8 Å². The first-order chi connectivity index (χ1) is 11.1.